The molecule has 0 fully saturated rings. The summed E-state index contributed by atoms with van der Waals surface area (Å²) in [5.74, 6) is 0. The van der Waals surface area contributed by atoms with E-state index in [0.717, 1.165) is 5.56 Å². The van der Waals surface area contributed by atoms with Crippen molar-refractivity contribution in [3.63, 3.8) is 0 Å². The van der Waals surface area contributed by atoms with Crippen LogP contribution >= 0.6 is 11.6 Å². The zero-order valence-corrected chi connectivity index (χ0v) is 8.49. The number of hydrogen-bond donors (Lipinski definition) is 0. The van der Waals surface area contributed by atoms with Crippen molar-refractivity contribution in [3.05, 3.63) is 50.7 Å². The Bertz CT molecular complexity index is 357. The molecule has 0 radical (unpaired) electrons. The van der Waals surface area contributed by atoms with Gasteiger partial charge in [-0.3, -0.25) is 10.1 Å². The molecule has 0 heterocycles. The van der Waals surface area contributed by atoms with E-state index in [1.165, 1.54) is 0 Å². The SMILES string of the molecule is CC/C(=C\c1ccc(Cl)cc1)[N+](=O)[O-]. The molecule has 14 heavy (non-hydrogen) atoms. The molecular weight excluding hydrogens is 202 g/mol. The maximum Gasteiger partial charge on any atom is 0.246 e. The van der Waals surface area contributed by atoms with Gasteiger partial charge in [0.05, 0.1) is 4.92 Å². The van der Waals surface area contributed by atoms with E-state index in [1.807, 2.05) is 0 Å². The molecule has 0 aliphatic carbocycles. The topological polar surface area (TPSA) is 43.1 Å². The van der Waals surface area contributed by atoms with E-state index < -0.39 is 0 Å². The minimum Gasteiger partial charge on any atom is -0.259 e. The highest BCUT2D eigenvalue weighted by atomic mass is 35.5. The molecule has 0 bridgehead atoms. The van der Waals surface area contributed by atoms with Crippen molar-refractivity contribution in [2.45, 2.75) is 13.3 Å². The van der Waals surface area contributed by atoms with Crippen LogP contribution in [0.1, 0.15) is 18.9 Å². The van der Waals surface area contributed by atoms with Crippen molar-refractivity contribution in [2.24, 2.45) is 0 Å². The average molecular weight is 212 g/mol. The first-order chi connectivity index (χ1) is 6.63. The summed E-state index contributed by atoms with van der Waals surface area (Å²) in [4.78, 5) is 10.1. The molecule has 0 aliphatic heterocycles. The molecule has 0 atom stereocenters. The van der Waals surface area contributed by atoms with Crippen LogP contribution in [0.15, 0.2) is 30.0 Å². The normalized spacial score (nSPS) is 11.4. The third kappa shape index (κ3) is 2.85. The van der Waals surface area contributed by atoms with Crippen molar-refractivity contribution in [1.29, 1.82) is 0 Å². The monoisotopic (exact) mass is 211 g/mol. The lowest BCUT2D eigenvalue weighted by atomic mass is 10.2. The Morgan fingerprint density at radius 3 is 2.50 bits per heavy atom. The third-order valence-electron chi connectivity index (χ3n) is 1.80. The Morgan fingerprint density at radius 1 is 1.50 bits per heavy atom. The molecule has 0 aromatic heterocycles. The van der Waals surface area contributed by atoms with E-state index >= 15 is 0 Å². The van der Waals surface area contributed by atoms with Crippen LogP contribution in [-0.4, -0.2) is 4.92 Å². The Kier molecular flexibility index (Phi) is 3.65. The van der Waals surface area contributed by atoms with E-state index in [0.29, 0.717) is 11.4 Å². The first-order valence-corrected chi connectivity index (χ1v) is 4.62. The zero-order chi connectivity index (χ0) is 10.6. The van der Waals surface area contributed by atoms with Crippen LogP contribution < -0.4 is 0 Å². The van der Waals surface area contributed by atoms with Gasteiger partial charge in [-0.1, -0.05) is 30.7 Å². The van der Waals surface area contributed by atoms with E-state index in [2.05, 4.69) is 0 Å². The summed E-state index contributed by atoms with van der Waals surface area (Å²) in [6.07, 6.45) is 1.96. The predicted molar refractivity (Wildman–Crippen MR) is 56.7 cm³/mol. The molecule has 4 heteroatoms. The van der Waals surface area contributed by atoms with Gasteiger partial charge in [0.2, 0.25) is 5.70 Å². The van der Waals surface area contributed by atoms with Gasteiger partial charge in [-0.15, -0.1) is 0 Å². The highest BCUT2D eigenvalue weighted by Crippen LogP contribution is 2.13. The maximum atomic E-state index is 10.5. The van der Waals surface area contributed by atoms with E-state index in [1.54, 1.807) is 37.3 Å². The average Bonchev–Trinajstić information content (AvgIpc) is 2.16. The van der Waals surface area contributed by atoms with Crippen molar-refractivity contribution < 1.29 is 4.92 Å². The van der Waals surface area contributed by atoms with Gasteiger partial charge < -0.3 is 0 Å². The van der Waals surface area contributed by atoms with Crippen LogP contribution in [0.25, 0.3) is 6.08 Å². The lowest BCUT2D eigenvalue weighted by Crippen LogP contribution is -1.96. The molecule has 0 spiro atoms. The largest absolute Gasteiger partial charge is 0.259 e. The fourth-order valence-corrected chi connectivity index (χ4v) is 1.16. The minimum atomic E-state index is -0.366. The fraction of sp³-hybridized carbons (Fsp3) is 0.200. The van der Waals surface area contributed by atoms with Gasteiger partial charge in [0.1, 0.15) is 0 Å². The summed E-state index contributed by atoms with van der Waals surface area (Å²) in [5.41, 5.74) is 0.996. The summed E-state index contributed by atoms with van der Waals surface area (Å²) in [6.45, 7) is 1.75. The van der Waals surface area contributed by atoms with Gasteiger partial charge in [-0.25, -0.2) is 0 Å². The number of rotatable bonds is 3. The Balaban J connectivity index is 2.95. The Labute approximate surface area is 87.2 Å². The summed E-state index contributed by atoms with van der Waals surface area (Å²) in [6, 6.07) is 6.92. The Hall–Kier alpha value is -1.35. The van der Waals surface area contributed by atoms with Crippen LogP contribution in [0.4, 0.5) is 0 Å². The molecule has 1 rings (SSSR count). The van der Waals surface area contributed by atoms with Crippen LogP contribution in [0, 0.1) is 10.1 Å². The van der Waals surface area contributed by atoms with Gasteiger partial charge in [0.15, 0.2) is 0 Å². The molecule has 0 saturated heterocycles. The predicted octanol–water partition coefficient (Wildman–Crippen LogP) is 3.37. The van der Waals surface area contributed by atoms with E-state index in [9.17, 15) is 10.1 Å². The second kappa shape index (κ2) is 4.77. The molecule has 74 valence electrons. The number of benzene rings is 1. The lowest BCUT2D eigenvalue weighted by molar-refractivity contribution is -0.425. The summed E-state index contributed by atoms with van der Waals surface area (Å²) < 4.78 is 0. The third-order valence-corrected chi connectivity index (χ3v) is 2.05. The molecule has 0 unspecified atom stereocenters. The first kappa shape index (κ1) is 10.7. The number of halogens is 1. The zero-order valence-electron chi connectivity index (χ0n) is 7.74. The van der Waals surface area contributed by atoms with Crippen molar-refractivity contribution in [1.82, 2.24) is 0 Å². The smallest absolute Gasteiger partial charge is 0.246 e. The Morgan fingerprint density at radius 2 is 2.07 bits per heavy atom. The second-order valence-electron chi connectivity index (χ2n) is 2.80. The van der Waals surface area contributed by atoms with Crippen molar-refractivity contribution in [3.8, 4) is 0 Å². The van der Waals surface area contributed by atoms with Gasteiger partial charge >= 0.3 is 0 Å². The van der Waals surface area contributed by atoms with E-state index in [4.69, 9.17) is 11.6 Å². The fourth-order valence-electron chi connectivity index (χ4n) is 1.04. The minimum absolute atomic E-state index is 0.201. The van der Waals surface area contributed by atoms with Crippen molar-refractivity contribution in [2.75, 3.05) is 0 Å². The summed E-state index contributed by atoms with van der Waals surface area (Å²) in [7, 11) is 0. The molecule has 0 amide bonds. The number of nitro groups is 1. The molecule has 1 aromatic carbocycles. The van der Waals surface area contributed by atoms with Crippen LogP contribution in [-0.2, 0) is 0 Å². The molecule has 0 saturated carbocycles. The van der Waals surface area contributed by atoms with E-state index in [-0.39, 0.29) is 10.6 Å². The highest BCUT2D eigenvalue weighted by molar-refractivity contribution is 6.30. The first-order valence-electron chi connectivity index (χ1n) is 4.24. The maximum absolute atomic E-state index is 10.5. The van der Waals surface area contributed by atoms with Crippen LogP contribution in [0.5, 0.6) is 0 Å². The second-order valence-corrected chi connectivity index (χ2v) is 3.23. The molecule has 1 aromatic rings. The van der Waals surface area contributed by atoms with Gasteiger partial charge in [-0.2, -0.15) is 0 Å². The lowest BCUT2D eigenvalue weighted by Gasteiger charge is -1.95. The quantitative estimate of drug-likeness (QED) is 0.568. The summed E-state index contributed by atoms with van der Waals surface area (Å²) >= 11 is 5.69. The molecule has 3 nitrogen and oxygen atoms in total. The van der Waals surface area contributed by atoms with Gasteiger partial charge in [-0.05, 0) is 17.7 Å². The molecule has 0 aliphatic rings. The number of nitrogens with zero attached hydrogens (tertiary/aromatic N) is 1. The standard InChI is InChI=1S/C10H10ClNO2/c1-2-10(12(13)14)7-8-3-5-9(11)6-4-8/h3-7H,2H2,1H3/b10-7+. The van der Waals surface area contributed by atoms with Gasteiger partial charge in [0, 0.05) is 17.5 Å². The van der Waals surface area contributed by atoms with Crippen LogP contribution in [0.2, 0.25) is 5.02 Å². The van der Waals surface area contributed by atoms with Crippen LogP contribution in [0.3, 0.4) is 0 Å². The number of allylic oxidation sites excluding steroid dienone is 1. The molecule has 0 N–H and O–H groups in total. The number of hydrogen-bond acceptors (Lipinski definition) is 2. The van der Waals surface area contributed by atoms with Crippen molar-refractivity contribution >= 4 is 17.7 Å². The molecular formula is C10H10ClNO2. The summed E-state index contributed by atoms with van der Waals surface area (Å²) in [5, 5.41) is 11.1. The van der Waals surface area contributed by atoms with Gasteiger partial charge in [0.25, 0.3) is 0 Å². The highest BCUT2D eigenvalue weighted by Gasteiger charge is 2.06.